The third kappa shape index (κ3) is 10.1. The van der Waals surface area contributed by atoms with E-state index in [0.717, 1.165) is 30.4 Å². The number of hydrogen-bond donors (Lipinski definition) is 0. The SMILES string of the molecule is COc1ccc(C(=O)c2ccc(Oc3ccc(C(=O)c4ccc(CCCCOc5ccc(C(=O)c6ccc(C(=O)c7ccc(C)cc7)cc6)cc5)cc4)cc3)cc2)cc1. The predicted octanol–water partition coefficient (Wildman–Crippen LogP) is 11.1. The maximum absolute atomic E-state index is 13.2. The first-order valence-corrected chi connectivity index (χ1v) is 19.4. The molecule has 0 aliphatic carbocycles. The van der Waals surface area contributed by atoms with Gasteiger partial charge in [0.05, 0.1) is 13.7 Å². The summed E-state index contributed by atoms with van der Waals surface area (Å²) in [6, 6.07) is 49.9. The lowest BCUT2D eigenvalue weighted by molar-refractivity contribution is 0.102. The van der Waals surface area contributed by atoms with Gasteiger partial charge in [-0.3, -0.25) is 19.2 Å². The molecule has 59 heavy (non-hydrogen) atoms. The van der Waals surface area contributed by atoms with Crippen molar-refractivity contribution in [3.05, 3.63) is 225 Å². The Balaban J connectivity index is 0.824. The molecule has 7 aromatic carbocycles. The summed E-state index contributed by atoms with van der Waals surface area (Å²) in [6.07, 6.45) is 2.61. The van der Waals surface area contributed by atoms with E-state index >= 15 is 0 Å². The second kappa shape index (κ2) is 18.7. The number of benzene rings is 7. The smallest absolute Gasteiger partial charge is 0.193 e. The van der Waals surface area contributed by atoms with E-state index in [1.165, 1.54) is 0 Å². The first-order valence-electron chi connectivity index (χ1n) is 19.4. The van der Waals surface area contributed by atoms with Gasteiger partial charge in [-0.2, -0.15) is 0 Å². The monoisotopic (exact) mass is 778 g/mol. The second-order valence-corrected chi connectivity index (χ2v) is 14.2. The molecule has 0 heterocycles. The Morgan fingerprint density at radius 1 is 0.373 bits per heavy atom. The standard InChI is InChI=1S/C52H42O7/c1-35-6-10-37(11-7-35)49(53)39-14-16-40(17-15-39)51(55)42-20-28-46(29-21-42)58-34-4-3-5-36-8-12-38(13-9-36)50(54)43-22-30-47(31-23-43)59-48-32-24-44(25-33-48)52(56)41-18-26-45(57-2)27-19-41/h6-33H,3-5,34H2,1-2H3. The molecule has 0 unspecified atom stereocenters. The van der Waals surface area contributed by atoms with E-state index < -0.39 is 0 Å². The highest BCUT2D eigenvalue weighted by Gasteiger charge is 2.14. The maximum Gasteiger partial charge on any atom is 0.193 e. The summed E-state index contributed by atoms with van der Waals surface area (Å²) in [5.41, 5.74) is 6.72. The van der Waals surface area contributed by atoms with Crippen LogP contribution in [0.15, 0.2) is 170 Å². The molecule has 7 heteroatoms. The van der Waals surface area contributed by atoms with Crippen molar-refractivity contribution in [2.75, 3.05) is 13.7 Å². The zero-order valence-electron chi connectivity index (χ0n) is 32.9. The van der Waals surface area contributed by atoms with Gasteiger partial charge in [-0.1, -0.05) is 78.4 Å². The third-order valence-electron chi connectivity index (χ3n) is 10.0. The Bertz CT molecular complexity index is 2540. The van der Waals surface area contributed by atoms with Crippen molar-refractivity contribution < 1.29 is 33.4 Å². The maximum atomic E-state index is 13.2. The molecule has 0 bridgehead atoms. The molecule has 0 radical (unpaired) electrons. The van der Waals surface area contributed by atoms with Gasteiger partial charge >= 0.3 is 0 Å². The van der Waals surface area contributed by atoms with E-state index in [0.29, 0.717) is 74.1 Å². The van der Waals surface area contributed by atoms with Crippen molar-refractivity contribution >= 4 is 23.1 Å². The van der Waals surface area contributed by atoms with E-state index in [1.54, 1.807) is 128 Å². The normalized spacial score (nSPS) is 10.7. The van der Waals surface area contributed by atoms with Gasteiger partial charge in [0.15, 0.2) is 23.1 Å². The van der Waals surface area contributed by atoms with Crippen LogP contribution in [0.25, 0.3) is 0 Å². The lowest BCUT2D eigenvalue weighted by Gasteiger charge is -2.09. The molecule has 0 spiro atoms. The molecule has 7 nitrogen and oxygen atoms in total. The molecular formula is C52H42O7. The number of aryl methyl sites for hydroxylation is 2. The number of carbonyl (C=O) groups is 4. The molecule has 0 saturated heterocycles. The average Bonchev–Trinajstić information content (AvgIpc) is 3.29. The number of carbonyl (C=O) groups excluding carboxylic acids is 4. The minimum absolute atomic E-state index is 0.0751. The van der Waals surface area contributed by atoms with Crippen LogP contribution in [0.2, 0.25) is 0 Å². The second-order valence-electron chi connectivity index (χ2n) is 14.2. The van der Waals surface area contributed by atoms with E-state index in [-0.39, 0.29) is 23.1 Å². The molecular weight excluding hydrogens is 737 g/mol. The molecule has 0 saturated carbocycles. The first kappa shape index (κ1) is 39.8. The molecule has 7 rings (SSSR count). The molecule has 0 atom stereocenters. The largest absolute Gasteiger partial charge is 0.497 e. The quantitative estimate of drug-likeness (QED) is 0.0671. The first-order chi connectivity index (χ1) is 28.7. The van der Waals surface area contributed by atoms with Crippen LogP contribution in [0.4, 0.5) is 0 Å². The summed E-state index contributed by atoms with van der Waals surface area (Å²) in [6.45, 7) is 2.51. The molecule has 0 N–H and O–H groups in total. The Kier molecular flexibility index (Phi) is 12.6. The van der Waals surface area contributed by atoms with Crippen molar-refractivity contribution in [2.45, 2.75) is 26.2 Å². The van der Waals surface area contributed by atoms with Crippen LogP contribution in [0.3, 0.4) is 0 Å². The van der Waals surface area contributed by atoms with Gasteiger partial charge in [0, 0.05) is 44.5 Å². The van der Waals surface area contributed by atoms with Gasteiger partial charge in [-0.25, -0.2) is 0 Å². The molecule has 0 amide bonds. The molecule has 0 fully saturated rings. The van der Waals surface area contributed by atoms with Crippen molar-refractivity contribution in [3.63, 3.8) is 0 Å². The predicted molar refractivity (Wildman–Crippen MR) is 229 cm³/mol. The topological polar surface area (TPSA) is 96.0 Å². The number of ether oxygens (including phenoxy) is 3. The average molecular weight is 779 g/mol. The molecule has 0 aliphatic heterocycles. The van der Waals surface area contributed by atoms with E-state index in [2.05, 4.69) is 0 Å². The zero-order valence-corrected chi connectivity index (χ0v) is 32.9. The highest BCUT2D eigenvalue weighted by Crippen LogP contribution is 2.25. The van der Waals surface area contributed by atoms with Crippen molar-refractivity contribution in [3.8, 4) is 23.0 Å². The van der Waals surface area contributed by atoms with E-state index in [1.807, 2.05) is 55.5 Å². The van der Waals surface area contributed by atoms with Crippen LogP contribution in [0, 0.1) is 6.92 Å². The van der Waals surface area contributed by atoms with Crippen molar-refractivity contribution in [1.82, 2.24) is 0 Å². The van der Waals surface area contributed by atoms with Gasteiger partial charge in [0.2, 0.25) is 0 Å². The fraction of sp³-hybridized carbons (Fsp3) is 0.115. The summed E-state index contributed by atoms with van der Waals surface area (Å²) in [4.78, 5) is 51.9. The summed E-state index contributed by atoms with van der Waals surface area (Å²) in [5, 5.41) is 0. The molecule has 0 aliphatic rings. The third-order valence-corrected chi connectivity index (χ3v) is 10.0. The van der Waals surface area contributed by atoms with Crippen LogP contribution >= 0.6 is 0 Å². The summed E-state index contributed by atoms with van der Waals surface area (Å²) in [5.74, 6) is 2.17. The Morgan fingerprint density at radius 3 is 1.05 bits per heavy atom. The summed E-state index contributed by atoms with van der Waals surface area (Å²) < 4.78 is 17.1. The fourth-order valence-electron chi connectivity index (χ4n) is 6.52. The van der Waals surface area contributed by atoms with Gasteiger partial charge in [-0.15, -0.1) is 0 Å². The molecule has 292 valence electrons. The van der Waals surface area contributed by atoms with Crippen molar-refractivity contribution in [1.29, 1.82) is 0 Å². The van der Waals surface area contributed by atoms with Crippen LogP contribution in [-0.4, -0.2) is 36.8 Å². The van der Waals surface area contributed by atoms with E-state index in [4.69, 9.17) is 14.2 Å². The highest BCUT2D eigenvalue weighted by atomic mass is 16.5. The highest BCUT2D eigenvalue weighted by molar-refractivity contribution is 6.12. The lowest BCUT2D eigenvalue weighted by atomic mass is 9.98. The summed E-state index contributed by atoms with van der Waals surface area (Å²) >= 11 is 0. The Morgan fingerprint density at radius 2 is 0.678 bits per heavy atom. The van der Waals surface area contributed by atoms with Gasteiger partial charge < -0.3 is 14.2 Å². The fourth-order valence-corrected chi connectivity index (χ4v) is 6.52. The van der Waals surface area contributed by atoms with Crippen molar-refractivity contribution in [2.24, 2.45) is 0 Å². The molecule has 0 aromatic heterocycles. The van der Waals surface area contributed by atoms with E-state index in [9.17, 15) is 19.2 Å². The van der Waals surface area contributed by atoms with Crippen LogP contribution < -0.4 is 14.2 Å². The minimum atomic E-state index is -0.123. The number of unbranched alkanes of at least 4 members (excludes halogenated alkanes) is 1. The van der Waals surface area contributed by atoms with Crippen LogP contribution in [0.1, 0.15) is 87.7 Å². The number of methoxy groups -OCH3 is 1. The molecule has 7 aromatic rings. The zero-order chi connectivity index (χ0) is 41.1. The Labute approximate surface area is 343 Å². The van der Waals surface area contributed by atoms with Crippen LogP contribution in [0.5, 0.6) is 23.0 Å². The van der Waals surface area contributed by atoms with Gasteiger partial charge in [0.1, 0.15) is 23.0 Å². The van der Waals surface area contributed by atoms with Gasteiger partial charge in [-0.05, 0) is 129 Å². The lowest BCUT2D eigenvalue weighted by Crippen LogP contribution is -2.05. The number of hydrogen-bond acceptors (Lipinski definition) is 7. The number of ketones is 4. The van der Waals surface area contributed by atoms with Gasteiger partial charge in [0.25, 0.3) is 0 Å². The number of rotatable bonds is 17. The van der Waals surface area contributed by atoms with Crippen LogP contribution in [-0.2, 0) is 6.42 Å². The Hall–Kier alpha value is -7.38. The minimum Gasteiger partial charge on any atom is -0.497 e. The summed E-state index contributed by atoms with van der Waals surface area (Å²) in [7, 11) is 1.58.